The topological polar surface area (TPSA) is 342 Å². The molecule has 0 aromatic heterocycles. The second-order valence-corrected chi connectivity index (χ2v) is 18.7. The summed E-state index contributed by atoms with van der Waals surface area (Å²) in [6, 6.07) is -8.10. The zero-order valence-corrected chi connectivity index (χ0v) is 40.9. The van der Waals surface area contributed by atoms with Crippen LogP contribution in [0.2, 0.25) is 5.02 Å². The molecule has 21 nitrogen and oxygen atoms in total. The van der Waals surface area contributed by atoms with Crippen molar-refractivity contribution >= 4 is 58.7 Å². The monoisotopic (exact) mass is 969 g/mol. The molecule has 15 atom stereocenters. The molecule has 67 heavy (non-hydrogen) atoms. The Bertz CT molecular complexity index is 1950. The van der Waals surface area contributed by atoms with Crippen molar-refractivity contribution < 1.29 is 69.0 Å². The number of hydrogen-bond donors (Lipinski definition) is 13. The number of rotatable bonds is 20. The van der Waals surface area contributed by atoms with Gasteiger partial charge in [0.25, 0.3) is 0 Å². The lowest BCUT2D eigenvalue weighted by atomic mass is 9.80. The maximum atomic E-state index is 14.2. The summed E-state index contributed by atoms with van der Waals surface area (Å²) < 4.78 is 0. The van der Waals surface area contributed by atoms with Crippen molar-refractivity contribution in [2.75, 3.05) is 6.54 Å². The molecule has 22 heteroatoms. The predicted molar refractivity (Wildman–Crippen MR) is 245 cm³/mol. The van der Waals surface area contributed by atoms with Crippen LogP contribution in [0.3, 0.4) is 0 Å². The number of nitrogens with one attached hydrogen (secondary N) is 7. The minimum atomic E-state index is -1.81. The van der Waals surface area contributed by atoms with E-state index in [0.717, 1.165) is 6.07 Å². The van der Waals surface area contributed by atoms with Gasteiger partial charge in [-0.05, 0) is 71.3 Å². The van der Waals surface area contributed by atoms with E-state index in [-0.39, 0.29) is 23.0 Å². The highest BCUT2D eigenvalue weighted by molar-refractivity contribution is 6.33. The van der Waals surface area contributed by atoms with Crippen LogP contribution >= 0.6 is 11.6 Å². The fraction of sp³-hybridized carbons (Fsp3) is 0.689. The number of amides is 7. The molecule has 1 aliphatic heterocycles. The highest BCUT2D eigenvalue weighted by atomic mass is 35.5. The molecular weight excluding hydrogens is 898 g/mol. The Morgan fingerprint density at radius 1 is 0.806 bits per heavy atom. The number of aliphatic hydroxyl groups is 4. The Morgan fingerprint density at radius 3 is 1.99 bits per heavy atom. The van der Waals surface area contributed by atoms with Crippen LogP contribution in [0.25, 0.3) is 0 Å². The molecule has 1 aliphatic rings. The molecule has 0 radical (unpaired) electrons. The van der Waals surface area contributed by atoms with Crippen LogP contribution in [0.15, 0.2) is 6.07 Å². The largest absolute Gasteiger partial charge is 0.508 e. The summed E-state index contributed by atoms with van der Waals surface area (Å²) in [6.07, 6.45) is -4.03. The SMILES string of the molecule is CC[C@H](C)[C@@H]1NC(=O)C(c2cc(O)c(C)c(O)c2Cl)NC(=O)C(NC(=O)[C@H](C)NC(=O)[C@H](NC(=O)CC(=O)C(C)CC(C)C[C@H](C)[C@@H](O)[C@H](C)[C@H](O)C(C)O)[C@@H](C)O)[C@@H](C)NC(=O)CNC1=O. The standard InChI is InChI=1S/C45H72ClN7O14/c1-12-19(3)34-42(64)47-17-32(59)48-24(8)35(43(65)53-37(45(67)51-34)28-15-30(57)22(6)40(62)33(28)46)52-41(63)25(9)49-44(66)36(26(10)54)50-31(58)16-29(56)20(4)13-18(2)14-21(5)38(60)23(7)39(61)27(11)55/h15,18-21,23-27,34-39,54-55,57,60-62H,12-14,16-17H2,1-11H3,(H,47,64)(H,48,59)(H,49,66)(H,50,58)(H,51,67)(H,52,63)(H,53,65)/t18?,19-,20?,21-,23-,24+,25-,26+,27?,34-,35?,36+,37?,38+,39-/m0/s1. The molecule has 378 valence electrons. The molecule has 5 unspecified atom stereocenters. The normalized spacial score (nSPS) is 23.4. The van der Waals surface area contributed by atoms with Gasteiger partial charge < -0.3 is 67.9 Å². The zero-order valence-electron chi connectivity index (χ0n) is 40.1. The molecule has 0 bridgehead atoms. The van der Waals surface area contributed by atoms with Gasteiger partial charge in [0.2, 0.25) is 41.4 Å². The van der Waals surface area contributed by atoms with Crippen LogP contribution in [-0.4, -0.2) is 139 Å². The van der Waals surface area contributed by atoms with Crippen molar-refractivity contribution in [2.24, 2.45) is 29.6 Å². The smallest absolute Gasteiger partial charge is 0.247 e. The number of ketones is 1. The Labute approximate surface area is 396 Å². The first-order chi connectivity index (χ1) is 31.0. The second-order valence-electron chi connectivity index (χ2n) is 18.3. The fourth-order valence-electron chi connectivity index (χ4n) is 7.86. The van der Waals surface area contributed by atoms with Gasteiger partial charge in [0, 0.05) is 23.0 Å². The van der Waals surface area contributed by atoms with Crippen LogP contribution in [0.1, 0.15) is 112 Å². The van der Waals surface area contributed by atoms with Gasteiger partial charge in [-0.25, -0.2) is 0 Å². The van der Waals surface area contributed by atoms with Crippen molar-refractivity contribution in [3.8, 4) is 11.5 Å². The van der Waals surface area contributed by atoms with Gasteiger partial charge in [-0.15, -0.1) is 0 Å². The Kier molecular flexibility index (Phi) is 22.4. The first-order valence-corrected chi connectivity index (χ1v) is 23.0. The molecule has 13 N–H and O–H groups in total. The van der Waals surface area contributed by atoms with Gasteiger partial charge in [-0.3, -0.25) is 38.4 Å². The molecule has 0 spiro atoms. The minimum absolute atomic E-state index is 0.0378. The van der Waals surface area contributed by atoms with Gasteiger partial charge in [-0.2, -0.15) is 0 Å². The fourth-order valence-corrected chi connectivity index (χ4v) is 8.17. The van der Waals surface area contributed by atoms with Crippen molar-refractivity contribution in [3.63, 3.8) is 0 Å². The zero-order chi connectivity index (χ0) is 51.4. The van der Waals surface area contributed by atoms with Gasteiger partial charge >= 0.3 is 0 Å². The predicted octanol–water partition coefficient (Wildman–Crippen LogP) is -0.376. The number of halogens is 1. The number of benzene rings is 1. The first kappa shape index (κ1) is 58.0. The molecular formula is C45H72ClN7O14. The summed E-state index contributed by atoms with van der Waals surface area (Å²) in [5, 5.41) is 79.0. The quantitative estimate of drug-likeness (QED) is 0.0742. The molecule has 1 aromatic rings. The van der Waals surface area contributed by atoms with Crippen LogP contribution in [0.4, 0.5) is 0 Å². The number of hydrogen-bond acceptors (Lipinski definition) is 14. The van der Waals surface area contributed by atoms with E-state index in [0.29, 0.717) is 19.3 Å². The molecule has 0 aliphatic carbocycles. The Hall–Kier alpha value is -5.09. The number of phenolic OH excluding ortho intramolecular Hbond substituents is 2. The maximum absolute atomic E-state index is 14.2. The third kappa shape index (κ3) is 16.3. The summed E-state index contributed by atoms with van der Waals surface area (Å²) in [4.78, 5) is 108. The highest BCUT2D eigenvalue weighted by Crippen LogP contribution is 2.39. The lowest BCUT2D eigenvalue weighted by molar-refractivity contribution is -0.137. The van der Waals surface area contributed by atoms with Gasteiger partial charge in [0.15, 0.2) is 0 Å². The summed E-state index contributed by atoms with van der Waals surface area (Å²) in [5.74, 6) is -10.2. The summed E-state index contributed by atoms with van der Waals surface area (Å²) in [6.45, 7) is 16.3. The lowest BCUT2D eigenvalue weighted by Gasteiger charge is -2.31. The summed E-state index contributed by atoms with van der Waals surface area (Å²) in [5.41, 5.74) is -0.321. The van der Waals surface area contributed by atoms with Crippen LogP contribution < -0.4 is 37.2 Å². The lowest BCUT2D eigenvalue weighted by Crippen LogP contribution is -2.62. The van der Waals surface area contributed by atoms with E-state index in [4.69, 9.17) is 11.6 Å². The summed E-state index contributed by atoms with van der Waals surface area (Å²) in [7, 11) is 0. The van der Waals surface area contributed by atoms with Crippen molar-refractivity contribution in [1.29, 1.82) is 0 Å². The summed E-state index contributed by atoms with van der Waals surface area (Å²) >= 11 is 6.45. The highest BCUT2D eigenvalue weighted by Gasteiger charge is 2.39. The van der Waals surface area contributed by atoms with Gasteiger partial charge in [0.1, 0.15) is 47.5 Å². The first-order valence-electron chi connectivity index (χ1n) is 22.6. The van der Waals surface area contributed by atoms with Gasteiger partial charge in [-0.1, -0.05) is 59.6 Å². The number of aliphatic hydroxyl groups excluding tert-OH is 4. The van der Waals surface area contributed by atoms with Crippen molar-refractivity contribution in [1.82, 2.24) is 37.2 Å². The Morgan fingerprint density at radius 2 is 1.42 bits per heavy atom. The van der Waals surface area contributed by atoms with E-state index in [2.05, 4.69) is 37.2 Å². The van der Waals surface area contributed by atoms with E-state index < -0.39 is 155 Å². The maximum Gasteiger partial charge on any atom is 0.247 e. The minimum Gasteiger partial charge on any atom is -0.508 e. The number of Topliss-reactive ketones (excluding diaryl/α,β-unsaturated/α-hetero) is 1. The number of phenols is 2. The van der Waals surface area contributed by atoms with Crippen molar-refractivity contribution in [3.05, 3.63) is 22.2 Å². The van der Waals surface area contributed by atoms with E-state index in [1.807, 2.05) is 6.92 Å². The number of carbonyl (C=O) groups is 8. The molecule has 1 aromatic carbocycles. The van der Waals surface area contributed by atoms with Crippen LogP contribution in [0.5, 0.6) is 11.5 Å². The molecule has 7 amide bonds. The molecule has 0 saturated carbocycles. The van der Waals surface area contributed by atoms with E-state index in [1.165, 1.54) is 34.6 Å². The molecule has 2 rings (SSSR count). The third-order valence-electron chi connectivity index (χ3n) is 12.4. The average molecular weight is 971 g/mol. The third-order valence-corrected chi connectivity index (χ3v) is 12.8. The molecule has 1 heterocycles. The molecule has 1 fully saturated rings. The van der Waals surface area contributed by atoms with Gasteiger partial charge in [0.05, 0.1) is 48.4 Å². The van der Waals surface area contributed by atoms with E-state index >= 15 is 0 Å². The van der Waals surface area contributed by atoms with Crippen LogP contribution in [-0.2, 0) is 38.4 Å². The number of aromatic hydroxyl groups is 2. The average Bonchev–Trinajstić information content (AvgIpc) is 3.26. The van der Waals surface area contributed by atoms with Crippen molar-refractivity contribution in [2.45, 2.75) is 163 Å². The van der Waals surface area contributed by atoms with E-state index in [1.54, 1.807) is 34.6 Å². The van der Waals surface area contributed by atoms with E-state index in [9.17, 15) is 69.0 Å². The molecule has 1 saturated heterocycles. The Balaban J connectivity index is 2.27. The van der Waals surface area contributed by atoms with Crippen LogP contribution in [0, 0.1) is 36.5 Å². The number of carbonyl (C=O) groups excluding carboxylic acids is 8. The second kappa shape index (κ2) is 25.9.